The molecule has 7 atom stereocenters. The van der Waals surface area contributed by atoms with Crippen LogP contribution in [0, 0.1) is 29.6 Å². The minimum Gasteiger partial charge on any atom is -0.454 e. The number of cyclic esters (lactones) is 1. The Morgan fingerprint density at radius 2 is 1.77 bits per heavy atom. The molecule has 43 heavy (non-hydrogen) atoms. The van der Waals surface area contributed by atoms with Crippen LogP contribution >= 0.6 is 21.6 Å². The summed E-state index contributed by atoms with van der Waals surface area (Å²) in [6.07, 6.45) is 19.6. The second-order valence-corrected chi connectivity index (χ2v) is 14.5. The fraction of sp³-hybridized carbons (Fsp3) is 0.571. The lowest BCUT2D eigenvalue weighted by Crippen LogP contribution is -2.34. The first kappa shape index (κ1) is 38.7. The van der Waals surface area contributed by atoms with E-state index >= 15 is 0 Å². The molecule has 1 amide bonds. The van der Waals surface area contributed by atoms with Crippen LogP contribution in [-0.4, -0.2) is 53.5 Å². The van der Waals surface area contributed by atoms with Crippen molar-refractivity contribution in [2.24, 2.45) is 29.6 Å². The van der Waals surface area contributed by atoms with E-state index in [1.807, 2.05) is 78.2 Å². The molecule has 0 fully saturated rings. The number of carbonyl (C=O) groups is 3. The summed E-state index contributed by atoms with van der Waals surface area (Å²) in [6, 6.07) is 0. The quantitative estimate of drug-likeness (QED) is 0.0534. The zero-order valence-electron chi connectivity index (χ0n) is 27.5. The number of rotatable bonds is 18. The highest BCUT2D eigenvalue weighted by molar-refractivity contribution is 8.76. The van der Waals surface area contributed by atoms with Gasteiger partial charge in [0.25, 0.3) is 0 Å². The molecule has 2 N–H and O–H groups in total. The molecule has 0 saturated carbocycles. The zero-order chi connectivity index (χ0) is 32.5. The average Bonchev–Trinajstić information content (AvgIpc) is 2.94. The van der Waals surface area contributed by atoms with Gasteiger partial charge in [0.2, 0.25) is 5.91 Å². The molecule has 0 aromatic heterocycles. The number of hydrogen-bond acceptors (Lipinski definition) is 7. The van der Waals surface area contributed by atoms with Crippen LogP contribution in [0.1, 0.15) is 68.2 Å². The van der Waals surface area contributed by atoms with E-state index in [-0.39, 0.29) is 41.5 Å². The van der Waals surface area contributed by atoms with Gasteiger partial charge >= 0.3 is 5.97 Å². The normalized spacial score (nSPS) is 21.9. The topological polar surface area (TPSA) is 92.7 Å². The SMILES string of the molecule is CSSCCNC(=O)/C=C(\C)CC(C)[C@@H](O)[C@H](C)C(=O)C(C)/C=C(C)/C=C/CC(C)/C=C(C)\C=C\C1OC(=O)C=C[C@@H]1C. The molecule has 240 valence electrons. The fourth-order valence-corrected chi connectivity index (χ4v) is 6.09. The second kappa shape index (κ2) is 20.6. The number of ether oxygens (including phenoxy) is 1. The van der Waals surface area contributed by atoms with E-state index in [0.717, 1.165) is 28.9 Å². The third-order valence-electron chi connectivity index (χ3n) is 7.42. The molecule has 0 bridgehead atoms. The molecular weight excluding hydrogens is 579 g/mol. The van der Waals surface area contributed by atoms with Gasteiger partial charge in [0, 0.05) is 42.2 Å². The zero-order valence-corrected chi connectivity index (χ0v) is 29.1. The number of aliphatic hydroxyl groups excluding tert-OH is 1. The predicted octanol–water partition coefficient (Wildman–Crippen LogP) is 7.44. The summed E-state index contributed by atoms with van der Waals surface area (Å²) in [5.41, 5.74) is 3.00. The van der Waals surface area contributed by atoms with Crippen LogP contribution in [0.5, 0.6) is 0 Å². The van der Waals surface area contributed by atoms with E-state index in [1.165, 1.54) is 6.08 Å². The van der Waals surface area contributed by atoms with E-state index < -0.39 is 12.0 Å². The summed E-state index contributed by atoms with van der Waals surface area (Å²) in [4.78, 5) is 36.7. The number of Topliss-reactive ketones (excluding diaryl/α,β-unsaturated/α-hetero) is 1. The smallest absolute Gasteiger partial charge is 0.331 e. The third-order valence-corrected chi connectivity index (χ3v) is 9.23. The van der Waals surface area contributed by atoms with E-state index in [0.29, 0.717) is 18.9 Å². The Morgan fingerprint density at radius 1 is 1.09 bits per heavy atom. The van der Waals surface area contributed by atoms with Crippen molar-refractivity contribution < 1.29 is 24.2 Å². The minimum atomic E-state index is -0.793. The van der Waals surface area contributed by atoms with E-state index in [1.54, 1.807) is 34.6 Å². The van der Waals surface area contributed by atoms with Crippen molar-refractivity contribution in [2.75, 3.05) is 18.6 Å². The summed E-state index contributed by atoms with van der Waals surface area (Å²) in [5.74, 6) is -0.0817. The van der Waals surface area contributed by atoms with Crippen molar-refractivity contribution in [3.63, 3.8) is 0 Å². The number of carbonyl (C=O) groups excluding carboxylic acids is 3. The van der Waals surface area contributed by atoms with E-state index in [9.17, 15) is 19.5 Å². The standard InChI is InChI=1S/C35H53NO5S2/c1-23(19-25(3)13-15-31-27(5)14-16-33(38)41-31)11-10-12-24(2)20-28(6)34(39)30(8)35(40)29(7)21-26(4)22-32(37)36-17-18-43-42-9/h10,12-16,19-20,22-23,27-31,35,40H,11,17-18,21H2,1-9H3,(H,36,37)/b12-10+,15-13+,24-20+,25-19-,26-22+/t23?,27-,28?,29?,30+,31?,35+/m0/s1. The molecule has 0 radical (unpaired) electrons. The lowest BCUT2D eigenvalue weighted by molar-refractivity contribution is -0.143. The molecule has 4 unspecified atom stereocenters. The van der Waals surface area contributed by atoms with Crippen LogP contribution < -0.4 is 5.32 Å². The number of amides is 1. The number of allylic oxidation sites excluding steroid dienone is 8. The van der Waals surface area contributed by atoms with Crippen molar-refractivity contribution in [2.45, 2.75) is 80.4 Å². The molecule has 0 spiro atoms. The van der Waals surface area contributed by atoms with Crippen LogP contribution in [0.15, 0.2) is 71.4 Å². The second-order valence-electron chi connectivity index (χ2n) is 11.8. The highest BCUT2D eigenvalue weighted by atomic mass is 33.1. The summed E-state index contributed by atoms with van der Waals surface area (Å²) in [6.45, 7) is 16.3. The van der Waals surface area contributed by atoms with Gasteiger partial charge in [-0.25, -0.2) is 4.79 Å². The predicted molar refractivity (Wildman–Crippen MR) is 184 cm³/mol. The lowest BCUT2D eigenvalue weighted by atomic mass is 9.83. The van der Waals surface area contributed by atoms with Gasteiger partial charge < -0.3 is 15.2 Å². The van der Waals surface area contributed by atoms with Crippen molar-refractivity contribution >= 4 is 39.2 Å². The molecule has 1 rings (SSSR count). The maximum atomic E-state index is 13.1. The average molecular weight is 632 g/mol. The van der Waals surface area contributed by atoms with Crippen LogP contribution in [0.4, 0.5) is 0 Å². The molecule has 1 aliphatic rings. The van der Waals surface area contributed by atoms with Gasteiger partial charge in [-0.2, -0.15) is 0 Å². The van der Waals surface area contributed by atoms with Crippen LogP contribution in [-0.2, 0) is 19.1 Å². The third kappa shape index (κ3) is 15.8. The summed E-state index contributed by atoms with van der Waals surface area (Å²) in [5, 5.41) is 13.8. The maximum absolute atomic E-state index is 13.1. The molecule has 8 heteroatoms. The Hall–Kier alpha value is -2.29. The van der Waals surface area contributed by atoms with Crippen molar-refractivity contribution in [3.05, 3.63) is 71.4 Å². The number of nitrogens with one attached hydrogen (secondary N) is 1. The Balaban J connectivity index is 2.60. The van der Waals surface area contributed by atoms with Crippen LogP contribution in [0.25, 0.3) is 0 Å². The van der Waals surface area contributed by atoms with Gasteiger partial charge in [-0.05, 0) is 57.8 Å². The first-order valence-electron chi connectivity index (χ1n) is 15.2. The maximum Gasteiger partial charge on any atom is 0.331 e. The van der Waals surface area contributed by atoms with Gasteiger partial charge in [-0.1, -0.05) is 109 Å². The molecule has 0 aliphatic carbocycles. The highest BCUT2D eigenvalue weighted by Gasteiger charge is 2.29. The van der Waals surface area contributed by atoms with Crippen molar-refractivity contribution in [3.8, 4) is 0 Å². The Morgan fingerprint density at radius 3 is 2.44 bits per heavy atom. The van der Waals surface area contributed by atoms with Gasteiger partial charge in [-0.15, -0.1) is 0 Å². The molecule has 0 saturated heterocycles. The highest BCUT2D eigenvalue weighted by Crippen LogP contribution is 2.24. The first-order chi connectivity index (χ1) is 20.2. The molecule has 1 aliphatic heterocycles. The molecule has 0 aromatic rings. The Kier molecular flexibility index (Phi) is 18.6. The molecule has 1 heterocycles. The summed E-state index contributed by atoms with van der Waals surface area (Å²) in [7, 11) is 3.37. The summed E-state index contributed by atoms with van der Waals surface area (Å²) >= 11 is 0. The van der Waals surface area contributed by atoms with Crippen LogP contribution in [0.3, 0.4) is 0 Å². The van der Waals surface area contributed by atoms with Gasteiger partial charge in [0.15, 0.2) is 0 Å². The van der Waals surface area contributed by atoms with Crippen LogP contribution in [0.2, 0.25) is 0 Å². The first-order valence-corrected chi connectivity index (χ1v) is 17.9. The van der Waals surface area contributed by atoms with Crippen molar-refractivity contribution in [1.29, 1.82) is 0 Å². The van der Waals surface area contributed by atoms with E-state index in [4.69, 9.17) is 4.74 Å². The van der Waals surface area contributed by atoms with Gasteiger partial charge in [0.1, 0.15) is 11.9 Å². The number of aliphatic hydroxyl groups is 1. The summed E-state index contributed by atoms with van der Waals surface area (Å²) < 4.78 is 5.37. The molecule has 0 aromatic carbocycles. The molecule has 6 nitrogen and oxygen atoms in total. The number of hydrogen-bond donors (Lipinski definition) is 2. The number of ketones is 1. The van der Waals surface area contributed by atoms with Gasteiger partial charge in [0.05, 0.1) is 6.10 Å². The monoisotopic (exact) mass is 631 g/mol. The van der Waals surface area contributed by atoms with E-state index in [2.05, 4.69) is 24.4 Å². The Bertz CT molecular complexity index is 1100. The fourth-order valence-electron chi connectivity index (χ4n) is 4.99. The van der Waals surface area contributed by atoms with Crippen molar-refractivity contribution in [1.82, 2.24) is 5.32 Å². The molecular formula is C35H53NO5S2. The number of esters is 1. The Labute approximate surface area is 268 Å². The minimum absolute atomic E-state index is 0.00457. The lowest BCUT2D eigenvalue weighted by Gasteiger charge is -2.25. The largest absolute Gasteiger partial charge is 0.454 e. The van der Waals surface area contributed by atoms with Gasteiger partial charge in [-0.3, -0.25) is 9.59 Å².